The van der Waals surface area contributed by atoms with Crippen LogP contribution in [0, 0.1) is 0 Å². The molecular weight excluding hydrogens is 580 g/mol. The van der Waals surface area contributed by atoms with Gasteiger partial charge in [-0.2, -0.15) is 0 Å². The molecule has 0 N–H and O–H groups in total. The van der Waals surface area contributed by atoms with Gasteiger partial charge in [-0.3, -0.25) is 0 Å². The number of hydrogen-bond donors (Lipinski definition) is 0. The maximum Gasteiger partial charge on any atom is -0.107 e. The summed E-state index contributed by atoms with van der Waals surface area (Å²) in [5.74, 6) is 0. The first-order chi connectivity index (χ1) is 7.24. The summed E-state index contributed by atoms with van der Waals surface area (Å²) >= 11 is 0. The number of unbranched alkanes of at least 4 members (excludes halogenated alkanes) is 3. The van der Waals surface area contributed by atoms with Gasteiger partial charge in [0.15, 0.2) is 0 Å². The minimum absolute atomic E-state index is 0. The van der Waals surface area contributed by atoms with Gasteiger partial charge in [-0.05, 0) is 0 Å². The van der Waals surface area contributed by atoms with Crippen LogP contribution >= 0.6 is 79.2 Å². The molecular formula is C14H36I3P. The summed E-state index contributed by atoms with van der Waals surface area (Å²) in [4.78, 5) is 0. The fourth-order valence-corrected chi connectivity index (χ4v) is 7.68. The van der Waals surface area contributed by atoms with Gasteiger partial charge >= 0.3 is 98.1 Å². The molecule has 0 aromatic rings. The third-order valence-corrected chi connectivity index (χ3v) is 9.67. The Kier molecular flexibility index (Phi) is 31.3. The van der Waals surface area contributed by atoms with E-state index in [1.807, 2.05) is 0 Å². The normalized spacial score (nSPS) is 10.9. The Morgan fingerprint density at radius 2 is 0.833 bits per heavy atom. The van der Waals surface area contributed by atoms with Crippen LogP contribution in [0.1, 0.15) is 66.2 Å². The van der Waals surface area contributed by atoms with Crippen LogP contribution in [0.25, 0.3) is 0 Å². The minimum Gasteiger partial charge on any atom is -0.107 e. The van der Waals surface area contributed by atoms with E-state index in [1.165, 1.54) is 44.7 Å². The van der Waals surface area contributed by atoms with Gasteiger partial charge in [0, 0.05) is 0 Å². The van der Waals surface area contributed by atoms with Crippen molar-refractivity contribution in [3.63, 3.8) is 0 Å². The van der Waals surface area contributed by atoms with Gasteiger partial charge in [-0.15, -0.1) is 71.9 Å². The van der Waals surface area contributed by atoms with Gasteiger partial charge in [0.05, 0.1) is 0 Å². The van der Waals surface area contributed by atoms with Crippen LogP contribution in [0.4, 0.5) is 0 Å². The summed E-state index contributed by atoms with van der Waals surface area (Å²) in [6, 6.07) is 0. The van der Waals surface area contributed by atoms with Crippen LogP contribution in [0.2, 0.25) is 0 Å². The molecule has 18 heavy (non-hydrogen) atoms. The molecule has 0 rings (SSSR count). The SMILES string of the molecule is CCCC[PH](CC)(CCCC)CCCC.I.I.I. The van der Waals surface area contributed by atoms with Crippen molar-refractivity contribution in [3.05, 3.63) is 0 Å². The van der Waals surface area contributed by atoms with E-state index < -0.39 is 7.26 Å². The molecule has 0 aromatic heterocycles. The molecule has 0 aliphatic carbocycles. The molecule has 0 aromatic carbocycles. The van der Waals surface area contributed by atoms with E-state index >= 15 is 0 Å². The van der Waals surface area contributed by atoms with E-state index in [9.17, 15) is 0 Å². The second-order valence-electron chi connectivity index (χ2n) is 5.16. The van der Waals surface area contributed by atoms with Crippen LogP contribution in [0.3, 0.4) is 0 Å². The number of rotatable bonds is 10. The molecule has 118 valence electrons. The minimum atomic E-state index is -0.832. The first-order valence-corrected chi connectivity index (χ1v) is 10.1. The molecule has 0 atom stereocenters. The Balaban J connectivity index is -0.000000327. The fourth-order valence-electron chi connectivity index (χ4n) is 2.56. The van der Waals surface area contributed by atoms with Crippen LogP contribution in [0.15, 0.2) is 0 Å². The maximum atomic E-state index is 2.47. The molecule has 0 fully saturated rings. The van der Waals surface area contributed by atoms with E-state index in [0.29, 0.717) is 0 Å². The van der Waals surface area contributed by atoms with Gasteiger partial charge in [-0.25, -0.2) is 0 Å². The zero-order valence-corrected chi connectivity index (χ0v) is 20.8. The average molecular weight is 616 g/mol. The van der Waals surface area contributed by atoms with Gasteiger partial charge in [0.25, 0.3) is 0 Å². The van der Waals surface area contributed by atoms with E-state index in [2.05, 4.69) is 27.7 Å². The third kappa shape index (κ3) is 13.6. The standard InChI is InChI=1S/C14H33P.3HI/c1-5-9-12-15(8-4,13-10-6-2)14-11-7-3;;;/h15H,5-14H2,1-4H3;3*1H. The van der Waals surface area contributed by atoms with Crippen molar-refractivity contribution in [2.75, 3.05) is 24.6 Å². The first-order valence-electron chi connectivity index (χ1n) is 7.24. The quantitative estimate of drug-likeness (QED) is 0.183. The molecule has 4 heteroatoms. The predicted molar refractivity (Wildman–Crippen MR) is 124 cm³/mol. The summed E-state index contributed by atoms with van der Waals surface area (Å²) in [5, 5.41) is 0. The van der Waals surface area contributed by atoms with Crippen molar-refractivity contribution in [3.8, 4) is 0 Å². The van der Waals surface area contributed by atoms with Gasteiger partial charge in [0.2, 0.25) is 0 Å². The fraction of sp³-hybridized carbons (Fsp3) is 1.00. The van der Waals surface area contributed by atoms with Crippen molar-refractivity contribution in [1.82, 2.24) is 0 Å². The molecule has 0 radical (unpaired) electrons. The van der Waals surface area contributed by atoms with Crippen LogP contribution < -0.4 is 0 Å². The molecule has 0 saturated heterocycles. The Bertz CT molecular complexity index is 121. The monoisotopic (exact) mass is 616 g/mol. The second kappa shape index (κ2) is 19.6. The topological polar surface area (TPSA) is 0 Å². The molecule has 0 bridgehead atoms. The summed E-state index contributed by atoms with van der Waals surface area (Å²) in [7, 11) is -0.832. The molecule has 0 spiro atoms. The van der Waals surface area contributed by atoms with E-state index in [1.54, 1.807) is 18.5 Å². The number of hydrogen-bond acceptors (Lipinski definition) is 0. The summed E-state index contributed by atoms with van der Waals surface area (Å²) in [6.07, 6.45) is 15.0. The molecule has 0 aliphatic rings. The smallest absolute Gasteiger partial charge is 0.107 e. The van der Waals surface area contributed by atoms with Crippen molar-refractivity contribution in [1.29, 1.82) is 0 Å². The van der Waals surface area contributed by atoms with Gasteiger partial charge in [-0.1, -0.05) is 0 Å². The summed E-state index contributed by atoms with van der Waals surface area (Å²) < 4.78 is 0. The van der Waals surface area contributed by atoms with Gasteiger partial charge in [0.1, 0.15) is 0 Å². The largest absolute Gasteiger partial charge is 0.107 e. The molecule has 0 nitrogen and oxygen atoms in total. The van der Waals surface area contributed by atoms with Crippen molar-refractivity contribution in [2.45, 2.75) is 66.2 Å². The molecule has 0 saturated carbocycles. The Labute approximate surface area is 168 Å². The van der Waals surface area contributed by atoms with Crippen LogP contribution in [-0.4, -0.2) is 24.6 Å². The van der Waals surface area contributed by atoms with Crippen LogP contribution in [0.5, 0.6) is 0 Å². The maximum absolute atomic E-state index is 2.47. The first kappa shape index (κ1) is 28.7. The molecule has 0 heterocycles. The van der Waals surface area contributed by atoms with Crippen molar-refractivity contribution < 1.29 is 0 Å². The van der Waals surface area contributed by atoms with Crippen LogP contribution in [-0.2, 0) is 0 Å². The second-order valence-corrected chi connectivity index (χ2v) is 10.4. The van der Waals surface area contributed by atoms with Crippen molar-refractivity contribution in [2.24, 2.45) is 0 Å². The predicted octanol–water partition coefficient (Wildman–Crippen LogP) is 7.01. The van der Waals surface area contributed by atoms with Crippen molar-refractivity contribution >= 4 is 79.2 Å². The summed E-state index contributed by atoms with van der Waals surface area (Å²) in [6.45, 7) is 9.49. The third-order valence-electron chi connectivity index (χ3n) is 3.93. The molecule has 0 amide bonds. The molecule has 0 aliphatic heterocycles. The summed E-state index contributed by atoms with van der Waals surface area (Å²) in [5.41, 5.74) is 0. The zero-order chi connectivity index (χ0) is 11.6. The Morgan fingerprint density at radius 1 is 0.556 bits per heavy atom. The van der Waals surface area contributed by atoms with E-state index in [4.69, 9.17) is 0 Å². The van der Waals surface area contributed by atoms with E-state index in [-0.39, 0.29) is 71.9 Å². The Morgan fingerprint density at radius 3 is 1.00 bits per heavy atom. The number of halogens is 3. The Hall–Kier alpha value is 2.62. The molecule has 0 unspecified atom stereocenters. The average Bonchev–Trinajstić information content (AvgIpc) is 2.29. The van der Waals surface area contributed by atoms with Gasteiger partial charge < -0.3 is 0 Å². The van der Waals surface area contributed by atoms with E-state index in [0.717, 1.165) is 0 Å². The zero-order valence-electron chi connectivity index (χ0n) is 12.8.